The number of hydrogen-bond acceptors (Lipinski definition) is 3. The number of nitrogens with zero attached hydrogens (tertiary/aromatic N) is 1. The Morgan fingerprint density at radius 2 is 2.30 bits per heavy atom. The minimum absolute atomic E-state index is 0.604. The Kier molecular flexibility index (Phi) is 1.57. The molecule has 3 N–H and O–H groups in total. The minimum Gasteiger partial charge on any atom is -0.304 e. The Morgan fingerprint density at radius 3 is 2.70 bits per heavy atom. The lowest BCUT2D eigenvalue weighted by atomic mass is 10.3. The molecule has 1 aliphatic rings. The van der Waals surface area contributed by atoms with Crippen LogP contribution < -0.4 is 11.1 Å². The molecule has 0 saturated heterocycles. The normalized spacial score (nSPS) is 32.2. The highest BCUT2D eigenvalue weighted by molar-refractivity contribution is 9.10. The lowest BCUT2D eigenvalue weighted by Crippen LogP contribution is -2.54. The number of carbonyl (C=O) groups is 2. The highest BCUT2D eigenvalue weighted by Gasteiger charge is 2.33. The molecule has 0 aromatic carbocycles. The van der Waals surface area contributed by atoms with Gasteiger partial charge in [-0.1, -0.05) is 15.9 Å². The maximum Gasteiger partial charge on any atom is 0.347 e. The van der Waals surface area contributed by atoms with Crippen molar-refractivity contribution in [1.82, 2.24) is 5.32 Å². The number of hydrogen-bond donors (Lipinski definition) is 2. The third-order valence-corrected chi connectivity index (χ3v) is 1.50. The summed E-state index contributed by atoms with van der Waals surface area (Å²) in [4.78, 5) is 24.4. The smallest absolute Gasteiger partial charge is 0.304 e. The van der Waals surface area contributed by atoms with Crippen molar-refractivity contribution in [3.05, 3.63) is 0 Å². The zero-order chi connectivity index (χ0) is 7.78. The number of halogens is 1. The summed E-state index contributed by atoms with van der Waals surface area (Å²) in [6.07, 6.45) is 1.05. The van der Waals surface area contributed by atoms with Gasteiger partial charge in [-0.2, -0.15) is 0 Å². The lowest BCUT2D eigenvalue weighted by Gasteiger charge is -2.18. The zero-order valence-electron chi connectivity index (χ0n) is 4.80. The van der Waals surface area contributed by atoms with E-state index < -0.39 is 16.4 Å². The summed E-state index contributed by atoms with van der Waals surface area (Å²) in [5.74, 6) is -0.604. The number of imide groups is 1. The first-order valence-electron chi connectivity index (χ1n) is 2.41. The molecule has 1 unspecified atom stereocenters. The van der Waals surface area contributed by atoms with Crippen LogP contribution in [0.4, 0.5) is 4.79 Å². The van der Waals surface area contributed by atoms with Crippen molar-refractivity contribution in [2.75, 3.05) is 0 Å². The van der Waals surface area contributed by atoms with Crippen LogP contribution in [0.15, 0.2) is 4.99 Å². The van der Waals surface area contributed by atoms with Crippen LogP contribution in [0, 0.1) is 0 Å². The summed E-state index contributed by atoms with van der Waals surface area (Å²) < 4.78 is -1.33. The molecule has 3 amide bonds. The van der Waals surface area contributed by atoms with E-state index in [4.69, 9.17) is 5.73 Å². The summed E-state index contributed by atoms with van der Waals surface area (Å²) in [6.45, 7) is 0. The Balaban J connectivity index is 2.93. The molecule has 0 aliphatic carbocycles. The molecule has 1 atom stereocenters. The molecule has 0 fully saturated rings. The van der Waals surface area contributed by atoms with Crippen molar-refractivity contribution >= 4 is 34.1 Å². The number of aliphatic imine (C=N–C) groups is 1. The second-order valence-electron chi connectivity index (χ2n) is 1.79. The molecule has 0 bridgehead atoms. The van der Waals surface area contributed by atoms with Gasteiger partial charge in [0.1, 0.15) is 0 Å². The molecule has 0 aromatic heterocycles. The van der Waals surface area contributed by atoms with E-state index in [-0.39, 0.29) is 0 Å². The van der Waals surface area contributed by atoms with Gasteiger partial charge in [0, 0.05) is 0 Å². The van der Waals surface area contributed by atoms with Crippen LogP contribution in [0.5, 0.6) is 0 Å². The Bertz CT molecular complexity index is 223. The molecule has 10 heavy (non-hydrogen) atoms. The zero-order valence-corrected chi connectivity index (χ0v) is 6.38. The average molecular weight is 206 g/mol. The average Bonchev–Trinajstić information content (AvgIpc) is 1.81. The summed E-state index contributed by atoms with van der Waals surface area (Å²) in [7, 11) is 0. The van der Waals surface area contributed by atoms with E-state index in [2.05, 4.69) is 20.9 Å². The molecule has 1 aliphatic heterocycles. The van der Waals surface area contributed by atoms with Gasteiger partial charge >= 0.3 is 6.03 Å². The second-order valence-corrected chi connectivity index (χ2v) is 3.10. The third-order valence-electron chi connectivity index (χ3n) is 0.938. The van der Waals surface area contributed by atoms with Crippen LogP contribution in [-0.4, -0.2) is 22.6 Å². The number of nitrogens with one attached hydrogen (secondary N) is 1. The second kappa shape index (κ2) is 2.14. The lowest BCUT2D eigenvalue weighted by molar-refractivity contribution is -0.120. The Morgan fingerprint density at radius 1 is 1.70 bits per heavy atom. The van der Waals surface area contributed by atoms with Gasteiger partial charge in [0.05, 0.1) is 6.21 Å². The fraction of sp³-hybridized carbons (Fsp3) is 0.250. The quantitative estimate of drug-likeness (QED) is 0.408. The predicted molar refractivity (Wildman–Crippen MR) is 37.9 cm³/mol. The standard InChI is InChI=1S/C4H4BrN3O2/c5-4(6)1-7-3(10)8-2(4)9/h1H,6H2,(H,8,9,10). The van der Waals surface area contributed by atoms with Crippen LogP contribution in [0.2, 0.25) is 0 Å². The van der Waals surface area contributed by atoms with Gasteiger partial charge in [0.15, 0.2) is 4.45 Å². The SMILES string of the molecule is NC1(Br)C=NC(=O)NC1=O. The van der Waals surface area contributed by atoms with Crippen LogP contribution in [-0.2, 0) is 4.79 Å². The Hall–Kier alpha value is -0.750. The number of alkyl halides is 1. The summed E-state index contributed by atoms with van der Waals surface area (Å²) in [5.41, 5.74) is 5.29. The molecule has 0 aromatic rings. The third kappa shape index (κ3) is 1.22. The van der Waals surface area contributed by atoms with Gasteiger partial charge in [0.25, 0.3) is 5.91 Å². The largest absolute Gasteiger partial charge is 0.347 e. The molecule has 0 spiro atoms. The molecule has 0 saturated carbocycles. The highest BCUT2D eigenvalue weighted by Crippen LogP contribution is 2.09. The van der Waals surface area contributed by atoms with Gasteiger partial charge < -0.3 is 5.73 Å². The van der Waals surface area contributed by atoms with E-state index in [1.165, 1.54) is 0 Å². The molecule has 1 rings (SSSR count). The summed E-state index contributed by atoms with van der Waals surface area (Å²) >= 11 is 2.85. The maximum absolute atomic E-state index is 10.7. The van der Waals surface area contributed by atoms with Gasteiger partial charge in [-0.05, 0) is 0 Å². The minimum atomic E-state index is -1.33. The molecule has 54 valence electrons. The van der Waals surface area contributed by atoms with Crippen LogP contribution in [0.25, 0.3) is 0 Å². The van der Waals surface area contributed by atoms with Gasteiger partial charge in [-0.25, -0.2) is 9.79 Å². The highest BCUT2D eigenvalue weighted by atomic mass is 79.9. The van der Waals surface area contributed by atoms with Crippen LogP contribution in [0.3, 0.4) is 0 Å². The van der Waals surface area contributed by atoms with Gasteiger partial charge in [-0.15, -0.1) is 0 Å². The van der Waals surface area contributed by atoms with E-state index in [0.717, 1.165) is 6.21 Å². The fourth-order valence-corrected chi connectivity index (χ4v) is 0.638. The van der Waals surface area contributed by atoms with E-state index in [9.17, 15) is 9.59 Å². The topological polar surface area (TPSA) is 84.5 Å². The first-order valence-corrected chi connectivity index (χ1v) is 3.20. The monoisotopic (exact) mass is 205 g/mol. The number of amides is 3. The first kappa shape index (κ1) is 7.36. The van der Waals surface area contributed by atoms with E-state index >= 15 is 0 Å². The molecular formula is C4H4BrN3O2. The molecule has 1 heterocycles. The van der Waals surface area contributed by atoms with Crippen LogP contribution in [0.1, 0.15) is 0 Å². The molecule has 0 radical (unpaired) electrons. The number of rotatable bonds is 0. The Labute approximate surface area is 64.8 Å². The summed E-state index contributed by atoms with van der Waals surface area (Å²) in [5, 5.41) is 1.92. The van der Waals surface area contributed by atoms with Gasteiger partial charge in [-0.3, -0.25) is 10.1 Å². The molecular weight excluding hydrogens is 202 g/mol. The van der Waals surface area contributed by atoms with E-state index in [1.54, 1.807) is 0 Å². The molecule has 6 heteroatoms. The first-order chi connectivity index (χ1) is 4.52. The van der Waals surface area contributed by atoms with Crippen molar-refractivity contribution in [1.29, 1.82) is 0 Å². The number of carbonyl (C=O) groups excluding carboxylic acids is 2. The van der Waals surface area contributed by atoms with Crippen molar-refractivity contribution < 1.29 is 9.59 Å². The number of nitrogens with two attached hydrogens (primary N) is 1. The van der Waals surface area contributed by atoms with Crippen molar-refractivity contribution in [3.63, 3.8) is 0 Å². The van der Waals surface area contributed by atoms with Crippen molar-refractivity contribution in [2.45, 2.75) is 4.45 Å². The number of urea groups is 1. The predicted octanol–water partition coefficient (Wildman–Crippen LogP) is -0.643. The van der Waals surface area contributed by atoms with E-state index in [1.807, 2.05) is 5.32 Å². The fourth-order valence-electron chi connectivity index (χ4n) is 0.436. The van der Waals surface area contributed by atoms with E-state index in [0.29, 0.717) is 0 Å². The van der Waals surface area contributed by atoms with Crippen molar-refractivity contribution in [2.24, 2.45) is 10.7 Å². The summed E-state index contributed by atoms with van der Waals surface area (Å²) in [6, 6.07) is -0.689. The van der Waals surface area contributed by atoms with Crippen LogP contribution >= 0.6 is 15.9 Å². The maximum atomic E-state index is 10.7. The van der Waals surface area contributed by atoms with Crippen molar-refractivity contribution in [3.8, 4) is 0 Å². The molecule has 5 nitrogen and oxygen atoms in total. The van der Waals surface area contributed by atoms with Gasteiger partial charge in [0.2, 0.25) is 0 Å².